The predicted molar refractivity (Wildman–Crippen MR) is 67.9 cm³/mol. The van der Waals surface area contributed by atoms with Crippen molar-refractivity contribution in [3.63, 3.8) is 0 Å². The van der Waals surface area contributed by atoms with Crippen LogP contribution in [0.1, 0.15) is 23.2 Å². The number of halogens is 1. The number of imidazole rings is 1. The number of ketones is 1. The van der Waals surface area contributed by atoms with E-state index in [1.807, 2.05) is 23.8 Å². The second kappa shape index (κ2) is 5.23. The molecule has 0 atom stereocenters. The predicted octanol–water partition coefficient (Wildman–Crippen LogP) is 2.49. The zero-order chi connectivity index (χ0) is 12.3. The number of nitrogens with zero attached hydrogens (tertiary/aromatic N) is 3. The maximum absolute atomic E-state index is 12.0. The second-order valence-electron chi connectivity index (χ2n) is 3.61. The van der Waals surface area contributed by atoms with Crippen molar-refractivity contribution in [1.29, 1.82) is 0 Å². The lowest BCUT2D eigenvalue weighted by Gasteiger charge is -2.05. The molecule has 2 aromatic heterocycles. The zero-order valence-electron chi connectivity index (χ0n) is 9.43. The highest BCUT2D eigenvalue weighted by molar-refractivity contribution is 9.10. The average molecular weight is 294 g/mol. The number of aromatic nitrogens is 3. The van der Waals surface area contributed by atoms with E-state index in [0.717, 1.165) is 16.7 Å². The zero-order valence-corrected chi connectivity index (χ0v) is 11.0. The van der Waals surface area contributed by atoms with E-state index in [-0.39, 0.29) is 12.3 Å². The van der Waals surface area contributed by atoms with E-state index >= 15 is 0 Å². The molecule has 0 radical (unpaired) electrons. The monoisotopic (exact) mass is 293 g/mol. The molecule has 0 unspecified atom stereocenters. The van der Waals surface area contributed by atoms with E-state index in [9.17, 15) is 4.79 Å². The van der Waals surface area contributed by atoms with Gasteiger partial charge in [-0.15, -0.1) is 0 Å². The first-order valence-electron chi connectivity index (χ1n) is 5.35. The SMILES string of the molecule is CCc1nccn1CC(=O)c1ccc(Br)cn1. The lowest BCUT2D eigenvalue weighted by molar-refractivity contribution is 0.0966. The van der Waals surface area contributed by atoms with Gasteiger partial charge in [-0.1, -0.05) is 6.92 Å². The minimum atomic E-state index is -0.00907. The fourth-order valence-electron chi connectivity index (χ4n) is 1.57. The van der Waals surface area contributed by atoms with Gasteiger partial charge in [-0.05, 0) is 28.1 Å². The van der Waals surface area contributed by atoms with Crippen molar-refractivity contribution in [2.24, 2.45) is 0 Å². The molecule has 0 amide bonds. The van der Waals surface area contributed by atoms with Crippen LogP contribution in [-0.4, -0.2) is 20.3 Å². The van der Waals surface area contributed by atoms with Gasteiger partial charge in [0.15, 0.2) is 0 Å². The molecule has 5 heteroatoms. The van der Waals surface area contributed by atoms with Gasteiger partial charge >= 0.3 is 0 Å². The number of carbonyl (C=O) groups excluding carboxylic acids is 1. The summed E-state index contributed by atoms with van der Waals surface area (Å²) in [7, 11) is 0. The van der Waals surface area contributed by atoms with Crippen LogP contribution in [0.3, 0.4) is 0 Å². The summed E-state index contributed by atoms with van der Waals surface area (Å²) >= 11 is 3.29. The summed E-state index contributed by atoms with van der Waals surface area (Å²) in [5.74, 6) is 0.903. The molecule has 0 spiro atoms. The first kappa shape index (κ1) is 12.0. The van der Waals surface area contributed by atoms with Gasteiger partial charge in [-0.2, -0.15) is 0 Å². The van der Waals surface area contributed by atoms with E-state index in [1.165, 1.54) is 0 Å². The van der Waals surface area contributed by atoms with Crippen LogP contribution in [0.15, 0.2) is 35.2 Å². The number of hydrogen-bond donors (Lipinski definition) is 0. The van der Waals surface area contributed by atoms with E-state index < -0.39 is 0 Å². The summed E-state index contributed by atoms with van der Waals surface area (Å²) in [5.41, 5.74) is 0.476. The minimum absolute atomic E-state index is 0.00907. The second-order valence-corrected chi connectivity index (χ2v) is 4.53. The van der Waals surface area contributed by atoms with Crippen LogP contribution < -0.4 is 0 Å². The van der Waals surface area contributed by atoms with Crippen LogP contribution in [0.2, 0.25) is 0 Å². The molecule has 2 heterocycles. The van der Waals surface area contributed by atoms with Gasteiger partial charge < -0.3 is 4.57 Å². The number of carbonyl (C=O) groups is 1. The standard InChI is InChI=1S/C12H12BrN3O/c1-2-12-14-5-6-16(12)8-11(17)10-4-3-9(13)7-15-10/h3-7H,2,8H2,1H3. The topological polar surface area (TPSA) is 47.8 Å². The van der Waals surface area contributed by atoms with Crippen molar-refractivity contribution in [2.75, 3.05) is 0 Å². The van der Waals surface area contributed by atoms with Gasteiger partial charge in [0.05, 0.1) is 6.54 Å². The van der Waals surface area contributed by atoms with Gasteiger partial charge in [0, 0.05) is 29.5 Å². The van der Waals surface area contributed by atoms with E-state index in [4.69, 9.17) is 0 Å². The molecular weight excluding hydrogens is 282 g/mol. The van der Waals surface area contributed by atoms with Crippen LogP contribution in [0.4, 0.5) is 0 Å². The van der Waals surface area contributed by atoms with Crippen molar-refractivity contribution in [3.8, 4) is 0 Å². The maximum Gasteiger partial charge on any atom is 0.200 e. The molecule has 4 nitrogen and oxygen atoms in total. The maximum atomic E-state index is 12.0. The third-order valence-corrected chi connectivity index (χ3v) is 2.91. The van der Waals surface area contributed by atoms with Crippen molar-refractivity contribution >= 4 is 21.7 Å². The molecule has 0 aliphatic rings. The summed E-state index contributed by atoms with van der Waals surface area (Å²) in [5, 5.41) is 0. The van der Waals surface area contributed by atoms with Gasteiger partial charge in [-0.25, -0.2) is 4.98 Å². The Hall–Kier alpha value is -1.49. The van der Waals surface area contributed by atoms with Gasteiger partial charge in [0.2, 0.25) is 5.78 Å². The Balaban J connectivity index is 2.14. The fraction of sp³-hybridized carbons (Fsp3) is 0.250. The Morgan fingerprint density at radius 1 is 1.41 bits per heavy atom. The minimum Gasteiger partial charge on any atom is -0.327 e. The van der Waals surface area contributed by atoms with E-state index in [1.54, 1.807) is 18.5 Å². The number of rotatable bonds is 4. The molecule has 0 aliphatic carbocycles. The lowest BCUT2D eigenvalue weighted by Crippen LogP contribution is -2.13. The molecular formula is C12H12BrN3O. The summed E-state index contributed by atoms with van der Waals surface area (Å²) in [6.07, 6.45) is 5.96. The largest absolute Gasteiger partial charge is 0.327 e. The third kappa shape index (κ3) is 2.79. The van der Waals surface area contributed by atoms with E-state index in [0.29, 0.717) is 5.69 Å². The van der Waals surface area contributed by atoms with Crippen LogP contribution >= 0.6 is 15.9 Å². The lowest BCUT2D eigenvalue weighted by atomic mass is 10.2. The van der Waals surface area contributed by atoms with Crippen molar-refractivity contribution < 1.29 is 4.79 Å². The summed E-state index contributed by atoms with van der Waals surface area (Å²) in [6, 6.07) is 3.53. The molecule has 88 valence electrons. The fourth-order valence-corrected chi connectivity index (χ4v) is 1.81. The van der Waals surface area contributed by atoms with Gasteiger partial charge in [0.1, 0.15) is 11.5 Å². The van der Waals surface area contributed by atoms with Crippen molar-refractivity contribution in [2.45, 2.75) is 19.9 Å². The Bertz CT molecular complexity index is 519. The Morgan fingerprint density at radius 2 is 2.24 bits per heavy atom. The van der Waals surface area contributed by atoms with Crippen molar-refractivity contribution in [1.82, 2.24) is 14.5 Å². The molecule has 17 heavy (non-hydrogen) atoms. The number of pyridine rings is 1. The summed E-state index contributed by atoms with van der Waals surface area (Å²) < 4.78 is 2.72. The highest BCUT2D eigenvalue weighted by Crippen LogP contribution is 2.09. The normalized spacial score (nSPS) is 10.5. The summed E-state index contributed by atoms with van der Waals surface area (Å²) in [6.45, 7) is 2.30. The Morgan fingerprint density at radius 3 is 2.88 bits per heavy atom. The molecule has 0 saturated heterocycles. The molecule has 0 bridgehead atoms. The highest BCUT2D eigenvalue weighted by Gasteiger charge is 2.10. The van der Waals surface area contributed by atoms with Gasteiger partial charge in [-0.3, -0.25) is 9.78 Å². The highest BCUT2D eigenvalue weighted by atomic mass is 79.9. The molecule has 0 aromatic carbocycles. The van der Waals surface area contributed by atoms with Crippen molar-refractivity contribution in [3.05, 3.63) is 46.7 Å². The van der Waals surface area contributed by atoms with E-state index in [2.05, 4.69) is 25.9 Å². The Labute approximate surface area is 108 Å². The number of Topliss-reactive ketones (excluding diaryl/α,β-unsaturated/α-hetero) is 1. The first-order valence-corrected chi connectivity index (χ1v) is 6.14. The third-order valence-electron chi connectivity index (χ3n) is 2.44. The van der Waals surface area contributed by atoms with Crippen LogP contribution in [0.5, 0.6) is 0 Å². The molecule has 0 fully saturated rings. The quantitative estimate of drug-likeness (QED) is 0.814. The average Bonchev–Trinajstić information content (AvgIpc) is 2.77. The molecule has 0 aliphatic heterocycles. The smallest absolute Gasteiger partial charge is 0.200 e. The molecule has 2 aromatic rings. The Kier molecular flexibility index (Phi) is 3.68. The molecule has 0 N–H and O–H groups in total. The van der Waals surface area contributed by atoms with Gasteiger partial charge in [0.25, 0.3) is 0 Å². The van der Waals surface area contributed by atoms with Crippen LogP contribution in [-0.2, 0) is 13.0 Å². The number of aryl methyl sites for hydroxylation is 1. The summed E-state index contributed by atoms with van der Waals surface area (Å²) in [4.78, 5) is 20.2. The molecule has 0 saturated carbocycles. The van der Waals surface area contributed by atoms with Crippen LogP contribution in [0, 0.1) is 0 Å². The van der Waals surface area contributed by atoms with Crippen LogP contribution in [0.25, 0.3) is 0 Å². The molecule has 2 rings (SSSR count). The first-order chi connectivity index (χ1) is 8.20. The number of hydrogen-bond acceptors (Lipinski definition) is 3.